The highest BCUT2D eigenvalue weighted by molar-refractivity contribution is 5.84. The molecule has 1 aliphatic rings. The topological polar surface area (TPSA) is 35.6 Å². The third-order valence-electron chi connectivity index (χ3n) is 4.01. The van der Waals surface area contributed by atoms with Crippen LogP contribution in [0.1, 0.15) is 37.1 Å². The molecule has 2 unspecified atom stereocenters. The molecule has 21 heavy (non-hydrogen) atoms. The van der Waals surface area contributed by atoms with E-state index in [0.717, 1.165) is 25.9 Å². The predicted molar refractivity (Wildman–Crippen MR) is 86.0 cm³/mol. The first-order valence-corrected chi connectivity index (χ1v) is 7.80. The summed E-state index contributed by atoms with van der Waals surface area (Å²) in [5.41, 5.74) is 2.42. The van der Waals surface area contributed by atoms with Crippen LogP contribution in [0.15, 0.2) is 24.3 Å². The Kier molecular flexibility index (Phi) is 5.37. The molecule has 2 rings (SSSR count). The van der Waals surface area contributed by atoms with E-state index in [1.807, 2.05) is 19.0 Å². The molecule has 4 nitrogen and oxygen atoms in total. The second kappa shape index (κ2) is 7.05. The maximum atomic E-state index is 12.6. The van der Waals surface area contributed by atoms with Crippen LogP contribution in [0, 0.1) is 6.92 Å². The molecule has 1 aliphatic heterocycles. The average Bonchev–Trinajstić information content (AvgIpc) is 2.75. The Hall–Kier alpha value is -1.39. The van der Waals surface area contributed by atoms with Crippen molar-refractivity contribution in [3.8, 4) is 0 Å². The van der Waals surface area contributed by atoms with E-state index in [2.05, 4.69) is 48.3 Å². The second-order valence-corrected chi connectivity index (χ2v) is 6.16. The summed E-state index contributed by atoms with van der Waals surface area (Å²) in [4.78, 5) is 16.7. The van der Waals surface area contributed by atoms with Gasteiger partial charge in [0.25, 0.3) is 0 Å². The minimum absolute atomic E-state index is 0.00889. The van der Waals surface area contributed by atoms with Crippen molar-refractivity contribution in [2.75, 3.05) is 27.2 Å². The summed E-state index contributed by atoms with van der Waals surface area (Å²) in [5, 5.41) is 3.51. The maximum Gasteiger partial charge on any atom is 0.241 e. The van der Waals surface area contributed by atoms with Crippen molar-refractivity contribution < 1.29 is 4.79 Å². The summed E-state index contributed by atoms with van der Waals surface area (Å²) in [6.07, 6.45) is 1.93. The van der Waals surface area contributed by atoms with Crippen molar-refractivity contribution in [3.05, 3.63) is 35.4 Å². The van der Waals surface area contributed by atoms with Crippen LogP contribution in [0.25, 0.3) is 0 Å². The Labute approximate surface area is 128 Å². The zero-order valence-electron chi connectivity index (χ0n) is 13.6. The van der Waals surface area contributed by atoms with Crippen molar-refractivity contribution >= 4 is 5.91 Å². The van der Waals surface area contributed by atoms with Gasteiger partial charge in [0.05, 0.1) is 6.04 Å². The molecule has 1 aromatic rings. The molecule has 1 fully saturated rings. The van der Waals surface area contributed by atoms with Crippen molar-refractivity contribution in [2.24, 2.45) is 0 Å². The number of nitrogens with one attached hydrogen (secondary N) is 1. The quantitative estimate of drug-likeness (QED) is 0.871. The fourth-order valence-corrected chi connectivity index (χ4v) is 2.75. The van der Waals surface area contributed by atoms with Gasteiger partial charge in [0, 0.05) is 13.1 Å². The highest BCUT2D eigenvalue weighted by Gasteiger charge is 2.38. The first-order chi connectivity index (χ1) is 10.0. The van der Waals surface area contributed by atoms with E-state index >= 15 is 0 Å². The van der Waals surface area contributed by atoms with Crippen molar-refractivity contribution in [3.63, 3.8) is 0 Å². The van der Waals surface area contributed by atoms with Crippen molar-refractivity contribution in [1.82, 2.24) is 15.1 Å². The third-order valence-corrected chi connectivity index (χ3v) is 4.01. The van der Waals surface area contributed by atoms with E-state index in [1.54, 1.807) is 0 Å². The minimum atomic E-state index is -0.0385. The molecular formula is C17H27N3O. The van der Waals surface area contributed by atoms with E-state index in [4.69, 9.17) is 0 Å². The Bertz CT molecular complexity index is 469. The Balaban J connectivity index is 2.18. The Morgan fingerprint density at radius 2 is 1.90 bits per heavy atom. The van der Waals surface area contributed by atoms with E-state index in [0.29, 0.717) is 0 Å². The number of rotatable bonds is 6. The smallest absolute Gasteiger partial charge is 0.241 e. The average molecular weight is 289 g/mol. The largest absolute Gasteiger partial charge is 0.320 e. The van der Waals surface area contributed by atoms with E-state index in [1.165, 1.54) is 11.1 Å². The van der Waals surface area contributed by atoms with Gasteiger partial charge in [0.15, 0.2) is 0 Å². The zero-order chi connectivity index (χ0) is 15.4. The van der Waals surface area contributed by atoms with Crippen LogP contribution in [0.5, 0.6) is 0 Å². The number of hydrogen-bond acceptors (Lipinski definition) is 3. The fourth-order valence-electron chi connectivity index (χ4n) is 2.75. The molecule has 1 aromatic carbocycles. The van der Waals surface area contributed by atoms with E-state index in [-0.39, 0.29) is 18.1 Å². The summed E-state index contributed by atoms with van der Waals surface area (Å²) in [5.74, 6) is 0.240. The monoisotopic (exact) mass is 289 g/mol. The van der Waals surface area contributed by atoms with Crippen LogP contribution in [0.3, 0.4) is 0 Å². The SMILES string of the molecule is CCCC1NC(c2ccc(C)cc2)N(CCN(C)C)C1=O. The van der Waals surface area contributed by atoms with Gasteiger partial charge in [-0.1, -0.05) is 43.2 Å². The summed E-state index contributed by atoms with van der Waals surface area (Å²) >= 11 is 0. The molecule has 0 aromatic heterocycles. The molecule has 1 heterocycles. The molecule has 116 valence electrons. The first kappa shape index (κ1) is 16.0. The standard InChI is InChI=1S/C17H27N3O/c1-5-6-15-17(21)20(12-11-19(3)4)16(18-15)14-9-7-13(2)8-10-14/h7-10,15-16,18H,5-6,11-12H2,1-4H3. The molecule has 1 saturated heterocycles. The summed E-state index contributed by atoms with van der Waals surface area (Å²) < 4.78 is 0. The lowest BCUT2D eigenvalue weighted by Crippen LogP contribution is -2.36. The number of nitrogens with zero attached hydrogens (tertiary/aromatic N) is 2. The number of hydrogen-bond donors (Lipinski definition) is 1. The number of benzene rings is 1. The highest BCUT2D eigenvalue weighted by atomic mass is 16.2. The molecule has 4 heteroatoms. The molecular weight excluding hydrogens is 262 g/mol. The van der Waals surface area contributed by atoms with Crippen LogP contribution < -0.4 is 5.32 Å². The minimum Gasteiger partial charge on any atom is -0.320 e. The number of carbonyl (C=O) groups is 1. The maximum absolute atomic E-state index is 12.6. The molecule has 0 aliphatic carbocycles. The molecule has 1 N–H and O–H groups in total. The van der Waals surface area contributed by atoms with Crippen molar-refractivity contribution in [1.29, 1.82) is 0 Å². The third kappa shape index (κ3) is 3.83. The normalized spacial score (nSPS) is 22.3. The Morgan fingerprint density at radius 1 is 1.24 bits per heavy atom. The number of amides is 1. The van der Waals surface area contributed by atoms with Crippen LogP contribution in [-0.2, 0) is 4.79 Å². The highest BCUT2D eigenvalue weighted by Crippen LogP contribution is 2.27. The fraction of sp³-hybridized carbons (Fsp3) is 0.588. The summed E-state index contributed by atoms with van der Waals surface area (Å²) in [6, 6.07) is 8.43. The van der Waals surface area contributed by atoms with Crippen LogP contribution in [-0.4, -0.2) is 48.9 Å². The predicted octanol–water partition coefficient (Wildman–Crippen LogP) is 2.16. The molecule has 0 spiro atoms. The van der Waals surface area contributed by atoms with Gasteiger partial charge >= 0.3 is 0 Å². The van der Waals surface area contributed by atoms with E-state index < -0.39 is 0 Å². The molecule has 0 saturated carbocycles. The first-order valence-electron chi connectivity index (χ1n) is 7.80. The number of carbonyl (C=O) groups excluding carboxylic acids is 1. The lowest BCUT2D eigenvalue weighted by molar-refractivity contribution is -0.130. The lowest BCUT2D eigenvalue weighted by atomic mass is 10.1. The molecule has 2 atom stereocenters. The summed E-state index contributed by atoms with van der Waals surface area (Å²) in [7, 11) is 4.08. The van der Waals surface area contributed by atoms with Gasteiger partial charge < -0.3 is 9.80 Å². The number of likely N-dealkylation sites (N-methyl/N-ethyl adjacent to an activating group) is 1. The van der Waals surface area contributed by atoms with Crippen molar-refractivity contribution in [2.45, 2.75) is 38.9 Å². The lowest BCUT2D eigenvalue weighted by Gasteiger charge is -2.26. The zero-order valence-corrected chi connectivity index (χ0v) is 13.6. The van der Waals surface area contributed by atoms with Gasteiger partial charge in [0.1, 0.15) is 6.17 Å². The van der Waals surface area contributed by atoms with Gasteiger partial charge in [0.2, 0.25) is 5.91 Å². The van der Waals surface area contributed by atoms with Gasteiger partial charge in [-0.3, -0.25) is 10.1 Å². The summed E-state index contributed by atoms with van der Waals surface area (Å²) in [6.45, 7) is 5.85. The molecule has 0 radical (unpaired) electrons. The van der Waals surface area contributed by atoms with Crippen LogP contribution >= 0.6 is 0 Å². The van der Waals surface area contributed by atoms with Crippen LogP contribution in [0.4, 0.5) is 0 Å². The molecule has 0 bridgehead atoms. The Morgan fingerprint density at radius 3 is 2.48 bits per heavy atom. The number of aryl methyl sites for hydroxylation is 1. The second-order valence-electron chi connectivity index (χ2n) is 6.16. The van der Waals surface area contributed by atoms with Gasteiger partial charge in [-0.05, 0) is 33.0 Å². The van der Waals surface area contributed by atoms with Crippen LogP contribution in [0.2, 0.25) is 0 Å². The van der Waals surface area contributed by atoms with Gasteiger partial charge in [-0.2, -0.15) is 0 Å². The molecule has 1 amide bonds. The van der Waals surface area contributed by atoms with Gasteiger partial charge in [-0.25, -0.2) is 0 Å². The van der Waals surface area contributed by atoms with E-state index in [9.17, 15) is 4.79 Å². The van der Waals surface area contributed by atoms with Gasteiger partial charge in [-0.15, -0.1) is 0 Å².